The largest absolute Gasteiger partial charge is 0.481 e. The van der Waals surface area contributed by atoms with Gasteiger partial charge in [-0.2, -0.15) is 0 Å². The summed E-state index contributed by atoms with van der Waals surface area (Å²) in [7, 11) is 0. The van der Waals surface area contributed by atoms with Gasteiger partial charge in [0.1, 0.15) is 0 Å². The molecule has 0 saturated carbocycles. The molecule has 0 amide bonds. The number of hydrogen-bond acceptors (Lipinski definition) is 2. The molecule has 2 nitrogen and oxygen atoms in total. The summed E-state index contributed by atoms with van der Waals surface area (Å²) in [5, 5.41) is 8.14. The van der Waals surface area contributed by atoms with Gasteiger partial charge in [0.15, 0.2) is 5.90 Å². The van der Waals surface area contributed by atoms with E-state index in [1.54, 1.807) is 0 Å². The van der Waals surface area contributed by atoms with Crippen LogP contribution in [-0.2, 0) is 11.2 Å². The van der Waals surface area contributed by atoms with Crippen LogP contribution in [0.3, 0.4) is 0 Å². The standard InChI is InChI=1S/C10H12ClNO/c1-2-13-10(12)7-8-3-5-9(11)6-4-8/h3-6,12H,2,7H2,1H3. The van der Waals surface area contributed by atoms with Crippen LogP contribution in [0.4, 0.5) is 0 Å². The Bertz CT molecular complexity index is 281. The molecule has 0 aliphatic rings. The lowest BCUT2D eigenvalue weighted by atomic mass is 10.1. The number of benzene rings is 1. The Kier molecular flexibility index (Phi) is 3.77. The van der Waals surface area contributed by atoms with Crippen LogP contribution in [0.15, 0.2) is 24.3 Å². The van der Waals surface area contributed by atoms with Gasteiger partial charge < -0.3 is 4.74 Å². The minimum absolute atomic E-state index is 0.296. The highest BCUT2D eigenvalue weighted by Crippen LogP contribution is 2.10. The van der Waals surface area contributed by atoms with Gasteiger partial charge in [-0.25, -0.2) is 0 Å². The minimum atomic E-state index is 0.296. The van der Waals surface area contributed by atoms with Crippen LogP contribution in [0.1, 0.15) is 12.5 Å². The van der Waals surface area contributed by atoms with Crippen LogP contribution in [-0.4, -0.2) is 12.5 Å². The summed E-state index contributed by atoms with van der Waals surface area (Å²) >= 11 is 5.72. The minimum Gasteiger partial charge on any atom is -0.481 e. The Hall–Kier alpha value is -1.02. The van der Waals surface area contributed by atoms with Gasteiger partial charge in [0.2, 0.25) is 0 Å². The van der Waals surface area contributed by atoms with Crippen LogP contribution in [0.5, 0.6) is 0 Å². The van der Waals surface area contributed by atoms with Gasteiger partial charge in [0, 0.05) is 11.4 Å². The molecule has 0 heterocycles. The monoisotopic (exact) mass is 197 g/mol. The van der Waals surface area contributed by atoms with Gasteiger partial charge in [0.25, 0.3) is 0 Å². The highest BCUT2D eigenvalue weighted by Gasteiger charge is 1.98. The molecule has 0 aliphatic heterocycles. The number of hydrogen-bond donors (Lipinski definition) is 1. The highest BCUT2D eigenvalue weighted by atomic mass is 35.5. The second-order valence-corrected chi connectivity index (χ2v) is 3.10. The zero-order chi connectivity index (χ0) is 9.68. The Morgan fingerprint density at radius 3 is 2.54 bits per heavy atom. The van der Waals surface area contributed by atoms with Crippen molar-refractivity contribution in [2.45, 2.75) is 13.3 Å². The van der Waals surface area contributed by atoms with Crippen molar-refractivity contribution in [3.63, 3.8) is 0 Å². The molecule has 0 aromatic heterocycles. The predicted octanol–water partition coefficient (Wildman–Crippen LogP) is 2.90. The molecule has 1 rings (SSSR count). The molecule has 0 fully saturated rings. The first-order chi connectivity index (χ1) is 6.22. The molecule has 0 atom stereocenters. The lowest BCUT2D eigenvalue weighted by molar-refractivity contribution is 0.317. The van der Waals surface area contributed by atoms with E-state index in [1.807, 2.05) is 31.2 Å². The summed E-state index contributed by atoms with van der Waals surface area (Å²) < 4.78 is 5.03. The molecular weight excluding hydrogens is 186 g/mol. The third-order valence-electron chi connectivity index (χ3n) is 1.60. The highest BCUT2D eigenvalue weighted by molar-refractivity contribution is 6.30. The molecule has 0 spiro atoms. The van der Waals surface area contributed by atoms with E-state index < -0.39 is 0 Å². The quantitative estimate of drug-likeness (QED) is 0.587. The summed E-state index contributed by atoms with van der Waals surface area (Å²) in [6.45, 7) is 2.42. The van der Waals surface area contributed by atoms with Crippen molar-refractivity contribution < 1.29 is 4.74 Å². The molecule has 0 saturated heterocycles. The third-order valence-corrected chi connectivity index (χ3v) is 1.85. The van der Waals surface area contributed by atoms with Gasteiger partial charge in [0.05, 0.1) is 6.61 Å². The summed E-state index contributed by atoms with van der Waals surface area (Å²) in [5.41, 5.74) is 1.04. The molecular formula is C10H12ClNO. The molecule has 70 valence electrons. The first-order valence-electron chi connectivity index (χ1n) is 4.17. The van der Waals surface area contributed by atoms with Gasteiger partial charge in [-0.3, -0.25) is 5.41 Å². The molecule has 0 aliphatic carbocycles. The Morgan fingerprint density at radius 2 is 2.00 bits per heavy atom. The smallest absolute Gasteiger partial charge is 0.184 e. The van der Waals surface area contributed by atoms with Crippen molar-refractivity contribution in [1.82, 2.24) is 0 Å². The average Bonchev–Trinajstić information content (AvgIpc) is 2.09. The van der Waals surface area contributed by atoms with E-state index >= 15 is 0 Å². The van der Waals surface area contributed by atoms with Crippen LogP contribution >= 0.6 is 11.6 Å². The Balaban J connectivity index is 2.54. The van der Waals surface area contributed by atoms with E-state index in [1.165, 1.54) is 0 Å². The second-order valence-electron chi connectivity index (χ2n) is 2.66. The van der Waals surface area contributed by atoms with Crippen LogP contribution in [0.2, 0.25) is 5.02 Å². The summed E-state index contributed by atoms with van der Waals surface area (Å²) in [5.74, 6) is 0.296. The van der Waals surface area contributed by atoms with Gasteiger partial charge in [-0.15, -0.1) is 0 Å². The fourth-order valence-electron chi connectivity index (χ4n) is 1.01. The van der Waals surface area contributed by atoms with E-state index in [0.717, 1.165) is 5.56 Å². The molecule has 0 bridgehead atoms. The summed E-state index contributed by atoms with van der Waals surface area (Å²) in [6.07, 6.45) is 0.533. The molecule has 13 heavy (non-hydrogen) atoms. The molecule has 1 aromatic carbocycles. The first-order valence-corrected chi connectivity index (χ1v) is 4.55. The fraction of sp³-hybridized carbons (Fsp3) is 0.300. The molecule has 1 N–H and O–H groups in total. The van der Waals surface area contributed by atoms with Gasteiger partial charge in [-0.05, 0) is 24.6 Å². The normalized spacial score (nSPS) is 9.69. The van der Waals surface area contributed by atoms with Crippen LogP contribution in [0, 0.1) is 5.41 Å². The summed E-state index contributed by atoms with van der Waals surface area (Å²) in [6, 6.07) is 7.43. The average molecular weight is 198 g/mol. The maximum absolute atomic E-state index is 7.42. The second kappa shape index (κ2) is 4.87. The van der Waals surface area contributed by atoms with Gasteiger partial charge >= 0.3 is 0 Å². The Labute approximate surface area is 83.0 Å². The molecule has 3 heteroatoms. The third kappa shape index (κ3) is 3.47. The van der Waals surface area contributed by atoms with E-state index in [2.05, 4.69) is 0 Å². The molecule has 0 radical (unpaired) electrons. The fourth-order valence-corrected chi connectivity index (χ4v) is 1.14. The maximum atomic E-state index is 7.42. The van der Waals surface area contributed by atoms with Crippen LogP contribution in [0.25, 0.3) is 0 Å². The first kappa shape index (κ1) is 10.1. The van der Waals surface area contributed by atoms with E-state index in [-0.39, 0.29) is 0 Å². The van der Waals surface area contributed by atoms with E-state index in [4.69, 9.17) is 21.7 Å². The predicted molar refractivity (Wildman–Crippen MR) is 54.5 cm³/mol. The van der Waals surface area contributed by atoms with E-state index in [9.17, 15) is 0 Å². The van der Waals surface area contributed by atoms with Crippen molar-refractivity contribution in [2.24, 2.45) is 0 Å². The van der Waals surface area contributed by atoms with Crippen molar-refractivity contribution in [2.75, 3.05) is 6.61 Å². The zero-order valence-electron chi connectivity index (χ0n) is 7.51. The SMILES string of the molecule is CCOC(=N)Cc1ccc(Cl)cc1. The molecule has 0 unspecified atom stereocenters. The van der Waals surface area contributed by atoms with Crippen molar-refractivity contribution >= 4 is 17.5 Å². The lowest BCUT2D eigenvalue weighted by Gasteiger charge is -2.04. The molecule has 1 aromatic rings. The topological polar surface area (TPSA) is 33.1 Å². The van der Waals surface area contributed by atoms with Crippen LogP contribution < -0.4 is 0 Å². The van der Waals surface area contributed by atoms with Crippen molar-refractivity contribution in [1.29, 1.82) is 5.41 Å². The maximum Gasteiger partial charge on any atom is 0.184 e. The van der Waals surface area contributed by atoms with Crippen molar-refractivity contribution in [3.05, 3.63) is 34.9 Å². The number of ether oxygens (including phenoxy) is 1. The van der Waals surface area contributed by atoms with Gasteiger partial charge in [-0.1, -0.05) is 23.7 Å². The lowest BCUT2D eigenvalue weighted by Crippen LogP contribution is -2.06. The van der Waals surface area contributed by atoms with Crippen molar-refractivity contribution in [3.8, 4) is 0 Å². The zero-order valence-corrected chi connectivity index (χ0v) is 8.27. The number of rotatable bonds is 3. The number of nitrogens with one attached hydrogen (secondary N) is 1. The Morgan fingerprint density at radius 1 is 1.38 bits per heavy atom. The van der Waals surface area contributed by atoms with E-state index in [0.29, 0.717) is 23.9 Å². The number of halogens is 1. The summed E-state index contributed by atoms with van der Waals surface area (Å²) in [4.78, 5) is 0.